The molecule has 0 saturated carbocycles. The van der Waals surface area contributed by atoms with Crippen molar-refractivity contribution in [3.63, 3.8) is 0 Å². The van der Waals surface area contributed by atoms with Gasteiger partial charge in [0.25, 0.3) is 10.0 Å². The van der Waals surface area contributed by atoms with E-state index in [4.69, 9.17) is 4.74 Å². The summed E-state index contributed by atoms with van der Waals surface area (Å²) in [4.78, 5) is 4.40. The second-order valence-corrected chi connectivity index (χ2v) is 7.87. The van der Waals surface area contributed by atoms with Gasteiger partial charge in [0.1, 0.15) is 10.8 Å². The number of sulfonamides is 1. The number of hydrogen-bond donors (Lipinski definition) is 1. The number of nitrogens with zero attached hydrogens (tertiary/aromatic N) is 1. The molecule has 0 aliphatic rings. The molecule has 0 aromatic carbocycles. The molecule has 110 valence electrons. The Labute approximate surface area is 126 Å². The van der Waals surface area contributed by atoms with Gasteiger partial charge in [0.05, 0.1) is 18.8 Å². The number of ether oxygens (including phenoxy) is 1. The zero-order valence-corrected chi connectivity index (χ0v) is 13.9. The van der Waals surface area contributed by atoms with Gasteiger partial charge in [-0.15, -0.1) is 22.7 Å². The van der Waals surface area contributed by atoms with Crippen LogP contribution in [0.15, 0.2) is 21.0 Å². The molecule has 0 aliphatic carbocycles. The largest absolute Gasteiger partial charge is 0.494 e. The zero-order chi connectivity index (χ0) is 14.8. The Kier molecular flexibility index (Phi) is 4.79. The molecule has 2 heterocycles. The van der Waals surface area contributed by atoms with Crippen LogP contribution in [0.3, 0.4) is 0 Å². The van der Waals surface area contributed by atoms with Crippen LogP contribution in [-0.4, -0.2) is 20.5 Å². The van der Waals surface area contributed by atoms with E-state index < -0.39 is 10.0 Å². The van der Waals surface area contributed by atoms with Gasteiger partial charge in [-0.1, -0.05) is 6.92 Å². The van der Waals surface area contributed by atoms with Crippen molar-refractivity contribution in [2.75, 3.05) is 7.11 Å². The maximum Gasteiger partial charge on any atom is 0.254 e. The smallest absolute Gasteiger partial charge is 0.254 e. The number of aryl methyl sites for hydroxylation is 1. The van der Waals surface area contributed by atoms with Crippen LogP contribution in [-0.2, 0) is 16.4 Å². The number of methoxy groups -OCH3 is 1. The zero-order valence-electron chi connectivity index (χ0n) is 11.4. The first-order valence-electron chi connectivity index (χ1n) is 6.06. The third-order valence-corrected chi connectivity index (χ3v) is 6.76. The summed E-state index contributed by atoms with van der Waals surface area (Å²) >= 11 is 2.60. The molecule has 0 radical (unpaired) electrons. The average Bonchev–Trinajstić information content (AvgIpc) is 3.07. The molecule has 1 N–H and O–H groups in total. The van der Waals surface area contributed by atoms with Crippen LogP contribution < -0.4 is 9.46 Å². The third-order valence-electron chi connectivity index (χ3n) is 2.69. The maximum atomic E-state index is 12.3. The van der Waals surface area contributed by atoms with Crippen molar-refractivity contribution in [3.8, 4) is 5.75 Å². The number of aromatic nitrogens is 1. The van der Waals surface area contributed by atoms with E-state index in [9.17, 15) is 8.42 Å². The van der Waals surface area contributed by atoms with Crippen molar-refractivity contribution in [2.45, 2.75) is 30.5 Å². The van der Waals surface area contributed by atoms with E-state index in [1.54, 1.807) is 18.4 Å². The summed E-state index contributed by atoms with van der Waals surface area (Å²) in [6, 6.07) is 1.28. The first-order chi connectivity index (χ1) is 9.47. The molecule has 0 aliphatic heterocycles. The Balaban J connectivity index is 2.20. The second-order valence-electron chi connectivity index (χ2n) is 4.15. The van der Waals surface area contributed by atoms with Crippen LogP contribution in [0.1, 0.15) is 30.6 Å². The van der Waals surface area contributed by atoms with Crippen molar-refractivity contribution in [2.24, 2.45) is 0 Å². The van der Waals surface area contributed by atoms with Gasteiger partial charge in [-0.3, -0.25) is 0 Å². The molecule has 8 heteroatoms. The number of nitrogens with one attached hydrogen (secondary N) is 1. The van der Waals surface area contributed by atoms with Crippen LogP contribution in [0.4, 0.5) is 0 Å². The minimum atomic E-state index is -3.59. The summed E-state index contributed by atoms with van der Waals surface area (Å²) in [5.41, 5.74) is 0.977. The van der Waals surface area contributed by atoms with Crippen LogP contribution >= 0.6 is 22.7 Å². The van der Waals surface area contributed by atoms with Gasteiger partial charge in [0.2, 0.25) is 0 Å². The molecule has 2 aromatic heterocycles. The van der Waals surface area contributed by atoms with Crippen LogP contribution in [0, 0.1) is 0 Å². The van der Waals surface area contributed by atoms with Crippen LogP contribution in [0.2, 0.25) is 0 Å². The summed E-state index contributed by atoms with van der Waals surface area (Å²) in [5, 5.41) is 4.41. The average molecular weight is 332 g/mol. The van der Waals surface area contributed by atoms with Gasteiger partial charge in [-0.25, -0.2) is 18.1 Å². The highest BCUT2D eigenvalue weighted by molar-refractivity contribution is 7.91. The predicted octanol–water partition coefficient (Wildman–Crippen LogP) is 2.82. The molecule has 20 heavy (non-hydrogen) atoms. The van der Waals surface area contributed by atoms with Crippen LogP contribution in [0.5, 0.6) is 5.75 Å². The number of rotatable bonds is 6. The third kappa shape index (κ3) is 3.20. The second kappa shape index (κ2) is 6.21. The maximum absolute atomic E-state index is 12.3. The highest BCUT2D eigenvalue weighted by atomic mass is 32.2. The monoisotopic (exact) mass is 332 g/mol. The number of hydrogen-bond acceptors (Lipinski definition) is 6. The minimum Gasteiger partial charge on any atom is -0.494 e. The fourth-order valence-corrected chi connectivity index (χ4v) is 5.14. The topological polar surface area (TPSA) is 68.3 Å². The molecule has 0 saturated heterocycles. The number of thiazole rings is 1. The van der Waals surface area contributed by atoms with E-state index >= 15 is 0 Å². The summed E-state index contributed by atoms with van der Waals surface area (Å²) in [6.07, 6.45) is 0.842. The highest BCUT2D eigenvalue weighted by Gasteiger charge is 2.24. The highest BCUT2D eigenvalue weighted by Crippen LogP contribution is 2.30. The first-order valence-corrected chi connectivity index (χ1v) is 9.30. The van der Waals surface area contributed by atoms with E-state index in [1.165, 1.54) is 18.4 Å². The van der Waals surface area contributed by atoms with Crippen molar-refractivity contribution in [1.29, 1.82) is 0 Å². The van der Waals surface area contributed by atoms with Gasteiger partial charge < -0.3 is 4.74 Å². The fourth-order valence-electron chi connectivity index (χ4n) is 1.65. The molecule has 2 aromatic rings. The SMILES string of the molecule is CCc1csc([C@@H](C)NS(=O)(=O)c2sccc2OC)n1. The van der Waals surface area contributed by atoms with E-state index in [2.05, 4.69) is 9.71 Å². The lowest BCUT2D eigenvalue weighted by atomic mass is 10.3. The molecule has 1 atom stereocenters. The lowest BCUT2D eigenvalue weighted by molar-refractivity contribution is 0.406. The standard InChI is InChI=1S/C12H16N2O3S3/c1-4-9-7-19-11(13-9)8(2)14-20(15,16)12-10(17-3)5-6-18-12/h5-8,14H,4H2,1-3H3/t8-/m1/s1. The Bertz CT molecular complexity index is 676. The number of thiophene rings is 1. The van der Waals surface area contributed by atoms with E-state index in [-0.39, 0.29) is 10.3 Å². The molecule has 0 unspecified atom stereocenters. The summed E-state index contributed by atoms with van der Waals surface area (Å²) in [6.45, 7) is 3.81. The molecule has 0 fully saturated rings. The Hall–Kier alpha value is -0.960. The fraction of sp³-hybridized carbons (Fsp3) is 0.417. The normalized spacial score (nSPS) is 13.3. The Morgan fingerprint density at radius 3 is 2.80 bits per heavy atom. The molecular formula is C12H16N2O3S3. The Morgan fingerprint density at radius 2 is 2.20 bits per heavy atom. The van der Waals surface area contributed by atoms with E-state index in [0.29, 0.717) is 5.75 Å². The van der Waals surface area contributed by atoms with Crippen molar-refractivity contribution in [1.82, 2.24) is 9.71 Å². The van der Waals surface area contributed by atoms with E-state index in [0.717, 1.165) is 28.5 Å². The lowest BCUT2D eigenvalue weighted by Gasteiger charge is -2.11. The van der Waals surface area contributed by atoms with Gasteiger partial charge in [0, 0.05) is 5.38 Å². The predicted molar refractivity (Wildman–Crippen MR) is 81.1 cm³/mol. The molecule has 0 amide bonds. The summed E-state index contributed by atoms with van der Waals surface area (Å²) in [7, 11) is -2.14. The summed E-state index contributed by atoms with van der Waals surface area (Å²) < 4.78 is 32.5. The van der Waals surface area contributed by atoms with Gasteiger partial charge in [-0.2, -0.15) is 0 Å². The van der Waals surface area contributed by atoms with Gasteiger partial charge in [-0.05, 0) is 24.8 Å². The van der Waals surface area contributed by atoms with Crippen molar-refractivity contribution >= 4 is 32.7 Å². The van der Waals surface area contributed by atoms with Gasteiger partial charge >= 0.3 is 0 Å². The van der Waals surface area contributed by atoms with Crippen LogP contribution in [0.25, 0.3) is 0 Å². The molecule has 0 bridgehead atoms. The summed E-state index contributed by atoms with van der Waals surface area (Å²) in [5.74, 6) is 0.364. The Morgan fingerprint density at radius 1 is 1.45 bits per heavy atom. The minimum absolute atomic E-state index is 0.194. The van der Waals surface area contributed by atoms with E-state index in [1.807, 2.05) is 12.3 Å². The van der Waals surface area contributed by atoms with Crippen molar-refractivity contribution in [3.05, 3.63) is 27.5 Å². The van der Waals surface area contributed by atoms with Crippen molar-refractivity contribution < 1.29 is 13.2 Å². The first kappa shape index (κ1) is 15.4. The van der Waals surface area contributed by atoms with Gasteiger partial charge in [0.15, 0.2) is 4.21 Å². The molecule has 2 rings (SSSR count). The quantitative estimate of drug-likeness (QED) is 0.883. The molecule has 5 nitrogen and oxygen atoms in total. The lowest BCUT2D eigenvalue weighted by Crippen LogP contribution is -2.26. The molecular weight excluding hydrogens is 316 g/mol. The molecule has 0 spiro atoms.